The van der Waals surface area contributed by atoms with Crippen molar-refractivity contribution in [1.82, 2.24) is 0 Å². The minimum absolute atomic E-state index is 0.206. The number of halogens is 1. The van der Waals surface area contributed by atoms with Gasteiger partial charge in [-0.15, -0.1) is 0 Å². The molecule has 1 heterocycles. The molecule has 0 saturated heterocycles. The standard InChI is InChI=1S/C23H17ClN2O3/c1-28-19-11-9-17(10-12-19)25-22(27)20-13-15-5-2-3-8-21(15)29-23(20)26-18-7-4-6-16(24)14-18/h2-14H,1H3,(H,25,27). The number of hydrogen-bond donors (Lipinski definition) is 1. The van der Waals surface area contributed by atoms with Gasteiger partial charge in [-0.25, -0.2) is 4.99 Å². The van der Waals surface area contributed by atoms with Crippen molar-refractivity contribution in [3.05, 3.63) is 95.0 Å². The molecule has 0 saturated carbocycles. The molecule has 0 bridgehead atoms. The second kappa shape index (κ2) is 8.20. The van der Waals surface area contributed by atoms with Crippen LogP contribution in [-0.4, -0.2) is 13.0 Å². The van der Waals surface area contributed by atoms with E-state index in [0.717, 1.165) is 5.39 Å². The summed E-state index contributed by atoms with van der Waals surface area (Å²) < 4.78 is 11.1. The highest BCUT2D eigenvalue weighted by Gasteiger charge is 2.13. The number of nitrogens with one attached hydrogen (secondary N) is 1. The van der Waals surface area contributed by atoms with Gasteiger partial charge in [0.05, 0.1) is 12.8 Å². The fraction of sp³-hybridized carbons (Fsp3) is 0.0435. The van der Waals surface area contributed by atoms with Crippen molar-refractivity contribution in [2.24, 2.45) is 4.99 Å². The van der Waals surface area contributed by atoms with Crippen LogP contribution in [0.2, 0.25) is 5.02 Å². The van der Waals surface area contributed by atoms with E-state index in [1.54, 1.807) is 61.7 Å². The summed E-state index contributed by atoms with van der Waals surface area (Å²) >= 11 is 6.06. The number of methoxy groups -OCH3 is 1. The third-order valence-electron chi connectivity index (χ3n) is 4.29. The van der Waals surface area contributed by atoms with Gasteiger partial charge in [0.25, 0.3) is 5.91 Å². The zero-order valence-electron chi connectivity index (χ0n) is 15.6. The molecule has 0 atom stereocenters. The third-order valence-corrected chi connectivity index (χ3v) is 4.52. The van der Waals surface area contributed by atoms with Gasteiger partial charge in [0, 0.05) is 16.1 Å². The monoisotopic (exact) mass is 404 g/mol. The number of carbonyl (C=O) groups is 1. The quantitative estimate of drug-likeness (QED) is 0.483. The topological polar surface area (TPSA) is 63.8 Å². The number of hydrogen-bond acceptors (Lipinski definition) is 4. The van der Waals surface area contributed by atoms with Gasteiger partial charge in [-0.2, -0.15) is 0 Å². The number of carbonyl (C=O) groups excluding carboxylic acids is 1. The first kappa shape index (κ1) is 18.8. The van der Waals surface area contributed by atoms with Crippen LogP contribution in [0.15, 0.2) is 88.3 Å². The van der Waals surface area contributed by atoms with Crippen LogP contribution in [-0.2, 0) is 0 Å². The third kappa shape index (κ3) is 4.31. The summed E-state index contributed by atoms with van der Waals surface area (Å²) in [5, 5.41) is 4.23. The summed E-state index contributed by atoms with van der Waals surface area (Å²) in [4.78, 5) is 17.5. The van der Waals surface area contributed by atoms with E-state index in [1.807, 2.05) is 24.3 Å². The van der Waals surface area contributed by atoms with E-state index in [9.17, 15) is 4.79 Å². The molecule has 1 aromatic heterocycles. The zero-order chi connectivity index (χ0) is 20.2. The number of fused-ring (bicyclic) bond motifs is 1. The zero-order valence-corrected chi connectivity index (χ0v) is 16.3. The van der Waals surface area contributed by atoms with Gasteiger partial charge in [0.2, 0.25) is 5.55 Å². The highest BCUT2D eigenvalue weighted by Crippen LogP contribution is 2.20. The summed E-state index contributed by atoms with van der Waals surface area (Å²) in [5.74, 6) is 0.380. The van der Waals surface area contributed by atoms with Gasteiger partial charge in [0.1, 0.15) is 16.9 Å². The number of benzene rings is 3. The molecule has 5 nitrogen and oxygen atoms in total. The predicted molar refractivity (Wildman–Crippen MR) is 114 cm³/mol. The number of amides is 1. The van der Waals surface area contributed by atoms with E-state index in [-0.39, 0.29) is 11.5 Å². The molecule has 0 fully saturated rings. The summed E-state index contributed by atoms with van der Waals surface area (Å²) in [6.07, 6.45) is 0. The minimum atomic E-state index is -0.328. The lowest BCUT2D eigenvalue weighted by Crippen LogP contribution is -2.21. The van der Waals surface area contributed by atoms with E-state index >= 15 is 0 Å². The predicted octanol–water partition coefficient (Wildman–Crippen LogP) is 5.58. The molecule has 1 N–H and O–H groups in total. The van der Waals surface area contributed by atoms with Crippen LogP contribution in [0, 0.1) is 0 Å². The van der Waals surface area contributed by atoms with Gasteiger partial charge in [-0.3, -0.25) is 4.79 Å². The fourth-order valence-corrected chi connectivity index (χ4v) is 3.04. The molecule has 29 heavy (non-hydrogen) atoms. The van der Waals surface area contributed by atoms with Crippen molar-refractivity contribution in [2.45, 2.75) is 0 Å². The number of para-hydroxylation sites is 1. The number of ether oxygens (including phenoxy) is 1. The molecule has 3 aromatic carbocycles. The fourth-order valence-electron chi connectivity index (χ4n) is 2.85. The minimum Gasteiger partial charge on any atom is -0.497 e. The largest absolute Gasteiger partial charge is 0.497 e. The van der Waals surface area contributed by atoms with Crippen LogP contribution in [0.1, 0.15) is 10.4 Å². The molecule has 0 radical (unpaired) electrons. The Kier molecular flexibility index (Phi) is 5.31. The Labute approximate surface area is 172 Å². The van der Waals surface area contributed by atoms with Crippen LogP contribution in [0.25, 0.3) is 11.0 Å². The molecule has 4 rings (SSSR count). The molecular formula is C23H17ClN2O3. The SMILES string of the molecule is COc1ccc(NC(=O)c2cc3ccccc3oc2=Nc2cccc(Cl)c2)cc1. The lowest BCUT2D eigenvalue weighted by atomic mass is 10.1. The first-order valence-electron chi connectivity index (χ1n) is 8.91. The Bertz CT molecular complexity index is 1250. The molecule has 144 valence electrons. The maximum Gasteiger partial charge on any atom is 0.261 e. The Morgan fingerprint density at radius 2 is 1.79 bits per heavy atom. The van der Waals surface area contributed by atoms with E-state index in [0.29, 0.717) is 33.3 Å². The molecular weight excluding hydrogens is 388 g/mol. The van der Waals surface area contributed by atoms with Crippen molar-refractivity contribution in [1.29, 1.82) is 0 Å². The highest BCUT2D eigenvalue weighted by atomic mass is 35.5. The van der Waals surface area contributed by atoms with Gasteiger partial charge in [-0.1, -0.05) is 35.9 Å². The van der Waals surface area contributed by atoms with Crippen LogP contribution in [0.5, 0.6) is 5.75 Å². The smallest absolute Gasteiger partial charge is 0.261 e. The summed E-state index contributed by atoms with van der Waals surface area (Å²) in [7, 11) is 1.59. The van der Waals surface area contributed by atoms with Crippen molar-refractivity contribution >= 4 is 39.9 Å². The molecule has 0 aliphatic rings. The lowest BCUT2D eigenvalue weighted by molar-refractivity contribution is 0.102. The molecule has 6 heteroatoms. The van der Waals surface area contributed by atoms with Crippen molar-refractivity contribution in [3.8, 4) is 5.75 Å². The number of rotatable bonds is 4. The maximum atomic E-state index is 13.0. The Morgan fingerprint density at radius 3 is 2.55 bits per heavy atom. The summed E-state index contributed by atoms with van der Waals surface area (Å²) in [6.45, 7) is 0. The molecule has 0 spiro atoms. The molecule has 0 aliphatic carbocycles. The average molecular weight is 405 g/mol. The normalized spacial score (nSPS) is 11.4. The van der Waals surface area contributed by atoms with Crippen LogP contribution in [0.3, 0.4) is 0 Å². The lowest BCUT2D eigenvalue weighted by Gasteiger charge is -2.08. The maximum absolute atomic E-state index is 13.0. The van der Waals surface area contributed by atoms with Crippen molar-refractivity contribution in [3.63, 3.8) is 0 Å². The van der Waals surface area contributed by atoms with E-state index in [2.05, 4.69) is 10.3 Å². The van der Waals surface area contributed by atoms with E-state index in [4.69, 9.17) is 20.8 Å². The number of nitrogens with zero attached hydrogens (tertiary/aromatic N) is 1. The second-order valence-electron chi connectivity index (χ2n) is 6.28. The van der Waals surface area contributed by atoms with Crippen molar-refractivity contribution < 1.29 is 13.9 Å². The van der Waals surface area contributed by atoms with Crippen LogP contribution in [0.4, 0.5) is 11.4 Å². The average Bonchev–Trinajstić information content (AvgIpc) is 2.74. The second-order valence-corrected chi connectivity index (χ2v) is 6.71. The van der Waals surface area contributed by atoms with E-state index in [1.165, 1.54) is 0 Å². The van der Waals surface area contributed by atoms with Gasteiger partial charge in [0.15, 0.2) is 0 Å². The first-order valence-corrected chi connectivity index (χ1v) is 9.29. The van der Waals surface area contributed by atoms with Crippen molar-refractivity contribution in [2.75, 3.05) is 12.4 Å². The first-order chi connectivity index (χ1) is 14.1. The molecule has 0 aliphatic heterocycles. The van der Waals surface area contributed by atoms with Crippen LogP contribution >= 0.6 is 11.6 Å². The van der Waals surface area contributed by atoms with Gasteiger partial charge < -0.3 is 14.5 Å². The molecule has 0 unspecified atom stereocenters. The highest BCUT2D eigenvalue weighted by molar-refractivity contribution is 6.30. The van der Waals surface area contributed by atoms with E-state index < -0.39 is 0 Å². The Morgan fingerprint density at radius 1 is 1.00 bits per heavy atom. The Hall–Kier alpha value is -3.57. The Balaban J connectivity index is 1.79. The number of anilines is 1. The van der Waals surface area contributed by atoms with Crippen LogP contribution < -0.4 is 15.6 Å². The van der Waals surface area contributed by atoms with Gasteiger partial charge >= 0.3 is 0 Å². The van der Waals surface area contributed by atoms with Gasteiger partial charge in [-0.05, 0) is 54.6 Å². The molecule has 1 amide bonds. The summed E-state index contributed by atoms with van der Waals surface area (Å²) in [5.41, 5.74) is 2.39. The molecule has 4 aromatic rings. The summed E-state index contributed by atoms with van der Waals surface area (Å²) in [6, 6.07) is 23.4.